The van der Waals surface area contributed by atoms with E-state index in [1.807, 2.05) is 18.2 Å². The minimum atomic E-state index is -0.601. The van der Waals surface area contributed by atoms with Crippen molar-refractivity contribution in [1.82, 2.24) is 10.1 Å². The molecule has 1 N–H and O–H groups in total. The van der Waals surface area contributed by atoms with Gasteiger partial charge in [-0.2, -0.15) is 4.98 Å². The van der Waals surface area contributed by atoms with Crippen molar-refractivity contribution in [3.8, 4) is 5.75 Å². The van der Waals surface area contributed by atoms with E-state index in [1.165, 1.54) is 0 Å². The van der Waals surface area contributed by atoms with E-state index in [-0.39, 0.29) is 6.61 Å². The Hall–Kier alpha value is -1.40. The Balaban J connectivity index is 2.07. The summed E-state index contributed by atoms with van der Waals surface area (Å²) < 4.78 is 11.7. The number of ether oxygens (including phenoxy) is 1. The third-order valence-corrected chi connectivity index (χ3v) is 3.25. The molecule has 0 aliphatic heterocycles. The standard InChI is InChI=1S/C14H17BrN2O3/c1-3-4-13-16-14(20-17-13)8-19-12-7-10(15)5-6-11(12)9(2)18/h5-7,9,18H,3-4,8H2,1-2H3/t9-/m0/s1. The van der Waals surface area contributed by atoms with Crippen molar-refractivity contribution >= 4 is 15.9 Å². The van der Waals surface area contributed by atoms with Gasteiger partial charge in [-0.15, -0.1) is 0 Å². The van der Waals surface area contributed by atoms with Crippen LogP contribution in [-0.2, 0) is 13.0 Å². The van der Waals surface area contributed by atoms with Gasteiger partial charge in [0.05, 0.1) is 6.10 Å². The molecule has 20 heavy (non-hydrogen) atoms. The molecule has 2 rings (SSSR count). The molecule has 0 aliphatic carbocycles. The number of aliphatic hydroxyl groups is 1. The fourth-order valence-electron chi connectivity index (χ4n) is 1.79. The van der Waals surface area contributed by atoms with Crippen LogP contribution in [0.2, 0.25) is 0 Å². The topological polar surface area (TPSA) is 68.4 Å². The zero-order valence-corrected chi connectivity index (χ0v) is 13.1. The molecule has 0 aliphatic rings. The summed E-state index contributed by atoms with van der Waals surface area (Å²) >= 11 is 3.38. The molecule has 1 aromatic carbocycles. The van der Waals surface area contributed by atoms with Crippen LogP contribution in [0.3, 0.4) is 0 Å². The van der Waals surface area contributed by atoms with Crippen molar-refractivity contribution in [2.75, 3.05) is 0 Å². The number of nitrogens with zero attached hydrogens (tertiary/aromatic N) is 2. The molecule has 0 saturated carbocycles. The Kier molecular flexibility index (Phi) is 5.14. The normalized spacial score (nSPS) is 12.4. The third-order valence-electron chi connectivity index (χ3n) is 2.76. The summed E-state index contributed by atoms with van der Waals surface area (Å²) in [5.74, 6) is 1.73. The maximum absolute atomic E-state index is 9.72. The van der Waals surface area contributed by atoms with Gasteiger partial charge in [-0.1, -0.05) is 34.1 Å². The summed E-state index contributed by atoms with van der Waals surface area (Å²) in [6, 6.07) is 5.49. The molecule has 5 nitrogen and oxygen atoms in total. The van der Waals surface area contributed by atoms with Crippen LogP contribution in [0.4, 0.5) is 0 Å². The van der Waals surface area contributed by atoms with Crippen LogP contribution in [0.25, 0.3) is 0 Å². The fourth-order valence-corrected chi connectivity index (χ4v) is 2.13. The lowest BCUT2D eigenvalue weighted by Crippen LogP contribution is -2.01. The first-order chi connectivity index (χ1) is 9.60. The van der Waals surface area contributed by atoms with Crippen molar-refractivity contribution < 1.29 is 14.4 Å². The highest BCUT2D eigenvalue weighted by molar-refractivity contribution is 9.10. The molecule has 108 valence electrons. The number of hydrogen-bond donors (Lipinski definition) is 1. The van der Waals surface area contributed by atoms with Gasteiger partial charge in [0, 0.05) is 16.5 Å². The summed E-state index contributed by atoms with van der Waals surface area (Å²) in [5, 5.41) is 13.6. The van der Waals surface area contributed by atoms with Crippen molar-refractivity contribution in [3.05, 3.63) is 40.0 Å². The predicted molar refractivity (Wildman–Crippen MR) is 77.4 cm³/mol. The van der Waals surface area contributed by atoms with E-state index in [0.717, 1.165) is 22.9 Å². The van der Waals surface area contributed by atoms with Gasteiger partial charge in [0.2, 0.25) is 0 Å². The lowest BCUT2D eigenvalue weighted by molar-refractivity contribution is 0.185. The molecule has 1 atom stereocenters. The highest BCUT2D eigenvalue weighted by Gasteiger charge is 2.12. The quantitative estimate of drug-likeness (QED) is 0.872. The second-order valence-corrected chi connectivity index (χ2v) is 5.42. The minimum absolute atomic E-state index is 0.187. The summed E-state index contributed by atoms with van der Waals surface area (Å²) in [6.45, 7) is 3.94. The summed E-state index contributed by atoms with van der Waals surface area (Å²) in [5.41, 5.74) is 0.724. The lowest BCUT2D eigenvalue weighted by atomic mass is 10.1. The Bertz CT molecular complexity index is 569. The van der Waals surface area contributed by atoms with E-state index in [4.69, 9.17) is 9.26 Å². The van der Waals surface area contributed by atoms with Crippen LogP contribution >= 0.6 is 15.9 Å². The van der Waals surface area contributed by atoms with E-state index < -0.39 is 6.10 Å². The van der Waals surface area contributed by atoms with Gasteiger partial charge >= 0.3 is 0 Å². The van der Waals surface area contributed by atoms with Crippen LogP contribution in [0.5, 0.6) is 5.75 Å². The molecular weight excluding hydrogens is 324 g/mol. The fraction of sp³-hybridized carbons (Fsp3) is 0.429. The predicted octanol–water partition coefficient (Wildman–Crippen LogP) is 3.42. The molecular formula is C14H17BrN2O3. The Labute approximate surface area is 126 Å². The summed E-state index contributed by atoms with van der Waals surface area (Å²) in [4.78, 5) is 4.24. The van der Waals surface area contributed by atoms with E-state index in [1.54, 1.807) is 6.92 Å². The number of rotatable bonds is 6. The lowest BCUT2D eigenvalue weighted by Gasteiger charge is -2.12. The molecule has 1 heterocycles. The van der Waals surface area contributed by atoms with Gasteiger partial charge in [-0.05, 0) is 25.5 Å². The molecule has 0 saturated heterocycles. The SMILES string of the molecule is CCCc1noc(COc2cc(Br)ccc2[C@H](C)O)n1. The van der Waals surface area contributed by atoms with Crippen LogP contribution in [0.15, 0.2) is 27.2 Å². The Morgan fingerprint density at radius 3 is 2.95 bits per heavy atom. The molecule has 0 unspecified atom stereocenters. The van der Waals surface area contributed by atoms with Crippen LogP contribution in [0, 0.1) is 0 Å². The van der Waals surface area contributed by atoms with Gasteiger partial charge in [-0.3, -0.25) is 0 Å². The van der Waals surface area contributed by atoms with Crippen LogP contribution < -0.4 is 4.74 Å². The van der Waals surface area contributed by atoms with Crippen molar-refractivity contribution in [2.45, 2.75) is 39.4 Å². The summed E-state index contributed by atoms with van der Waals surface area (Å²) in [6.07, 6.45) is 1.16. The Morgan fingerprint density at radius 1 is 1.45 bits per heavy atom. The van der Waals surface area contributed by atoms with Crippen molar-refractivity contribution in [1.29, 1.82) is 0 Å². The number of hydrogen-bond acceptors (Lipinski definition) is 5. The summed E-state index contributed by atoms with van der Waals surface area (Å²) in [7, 11) is 0. The molecule has 0 amide bonds. The maximum atomic E-state index is 9.72. The monoisotopic (exact) mass is 340 g/mol. The number of aliphatic hydroxyl groups excluding tert-OH is 1. The number of aromatic nitrogens is 2. The highest BCUT2D eigenvalue weighted by atomic mass is 79.9. The van der Waals surface area contributed by atoms with Gasteiger partial charge in [0.15, 0.2) is 12.4 Å². The molecule has 6 heteroatoms. The van der Waals surface area contributed by atoms with E-state index in [2.05, 4.69) is 33.0 Å². The number of aryl methyl sites for hydroxylation is 1. The van der Waals surface area contributed by atoms with Gasteiger partial charge in [0.25, 0.3) is 5.89 Å². The Morgan fingerprint density at radius 2 is 2.25 bits per heavy atom. The van der Waals surface area contributed by atoms with Gasteiger partial charge < -0.3 is 14.4 Å². The van der Waals surface area contributed by atoms with E-state index in [9.17, 15) is 5.11 Å². The average Bonchev–Trinajstić information content (AvgIpc) is 2.84. The number of halogens is 1. The average molecular weight is 341 g/mol. The first-order valence-electron chi connectivity index (χ1n) is 6.52. The number of benzene rings is 1. The largest absolute Gasteiger partial charge is 0.483 e. The molecule has 1 aromatic heterocycles. The molecule has 0 radical (unpaired) electrons. The van der Waals surface area contributed by atoms with Gasteiger partial charge in [-0.25, -0.2) is 0 Å². The van der Waals surface area contributed by atoms with E-state index in [0.29, 0.717) is 17.5 Å². The minimum Gasteiger partial charge on any atom is -0.483 e. The maximum Gasteiger partial charge on any atom is 0.264 e. The van der Waals surface area contributed by atoms with Crippen LogP contribution in [-0.4, -0.2) is 15.2 Å². The molecule has 2 aromatic rings. The molecule has 0 spiro atoms. The highest BCUT2D eigenvalue weighted by Crippen LogP contribution is 2.29. The molecule has 0 fully saturated rings. The first kappa shape index (κ1) is 15.0. The van der Waals surface area contributed by atoms with E-state index >= 15 is 0 Å². The van der Waals surface area contributed by atoms with Crippen molar-refractivity contribution in [2.24, 2.45) is 0 Å². The zero-order chi connectivity index (χ0) is 14.5. The smallest absolute Gasteiger partial charge is 0.264 e. The second kappa shape index (κ2) is 6.85. The van der Waals surface area contributed by atoms with Crippen LogP contribution in [0.1, 0.15) is 43.7 Å². The second-order valence-electron chi connectivity index (χ2n) is 4.50. The zero-order valence-electron chi connectivity index (χ0n) is 11.5. The van der Waals surface area contributed by atoms with Crippen molar-refractivity contribution in [3.63, 3.8) is 0 Å². The van der Waals surface area contributed by atoms with Gasteiger partial charge in [0.1, 0.15) is 5.75 Å². The first-order valence-corrected chi connectivity index (χ1v) is 7.31. The molecule has 0 bridgehead atoms. The third kappa shape index (κ3) is 3.80.